The van der Waals surface area contributed by atoms with Crippen LogP contribution in [-0.2, 0) is 40.0 Å². The van der Waals surface area contributed by atoms with Crippen molar-refractivity contribution in [1.82, 2.24) is 35.6 Å². The summed E-state index contributed by atoms with van der Waals surface area (Å²) in [5.41, 5.74) is -3.92. The van der Waals surface area contributed by atoms with E-state index >= 15 is 0 Å². The Morgan fingerprint density at radius 1 is 1.00 bits per heavy atom. The van der Waals surface area contributed by atoms with E-state index in [9.17, 15) is 65.0 Å². The van der Waals surface area contributed by atoms with Crippen LogP contribution >= 0.6 is 11.6 Å². The van der Waals surface area contributed by atoms with E-state index < -0.39 is 127 Å². The number of benzene rings is 1. The Morgan fingerprint density at radius 3 is 2.21 bits per heavy atom. The van der Waals surface area contributed by atoms with E-state index in [0.717, 1.165) is 9.80 Å². The molecule has 0 aromatic heterocycles. The van der Waals surface area contributed by atoms with E-state index in [-0.39, 0.29) is 61.4 Å². The molecular weight excluding hydrogens is 908 g/mol. The molecule has 0 unspecified atom stereocenters. The predicted molar refractivity (Wildman–Crippen MR) is 226 cm³/mol. The topological polar surface area (TPSA) is 198 Å². The van der Waals surface area contributed by atoms with Gasteiger partial charge in [0, 0.05) is 45.6 Å². The molecule has 1 aliphatic carbocycles. The van der Waals surface area contributed by atoms with Crippen molar-refractivity contribution in [2.24, 2.45) is 11.8 Å². The summed E-state index contributed by atoms with van der Waals surface area (Å²) in [5.74, 6) is -7.88. The zero-order chi connectivity index (χ0) is 49.6. The first-order chi connectivity index (χ1) is 30.7. The van der Waals surface area contributed by atoms with Crippen molar-refractivity contribution < 1.29 is 69.7 Å². The van der Waals surface area contributed by atoms with Gasteiger partial charge in [0.25, 0.3) is 5.91 Å². The number of amides is 7. The maximum Gasteiger partial charge on any atom is 0.426 e. The molecule has 0 radical (unpaired) electrons. The molecule has 3 aliphatic rings. The number of rotatable bonds is 13. The second-order valence-corrected chi connectivity index (χ2v) is 18.3. The SMILES string of the molecule is CC[C@H]1NC(=O)[C@H](Cc2cc(Cl)ccc2OC(F)F)N(C)C(=O)[C@H](CC(C)C)NC(=O)[C@@H](N(C)C(=O)[C@@H](NC(=O)[C@@H]2C[C@@H](F)CN2C(=O)[C@@](C)(O)C(F)(F)F)C2CC2)CCCCN(C)C1=O. The zero-order valence-electron chi connectivity index (χ0n) is 37.9. The number of alkyl halides is 6. The number of carbonyl (C=O) groups is 7. The Hall–Kier alpha value is -4.86. The molecule has 66 heavy (non-hydrogen) atoms. The van der Waals surface area contributed by atoms with Crippen molar-refractivity contribution in [3.05, 3.63) is 28.8 Å². The van der Waals surface area contributed by atoms with Crippen molar-refractivity contribution in [2.75, 3.05) is 34.2 Å². The molecule has 4 rings (SSSR count). The Kier molecular flexibility index (Phi) is 18.2. The van der Waals surface area contributed by atoms with E-state index in [1.165, 1.54) is 44.2 Å². The molecule has 1 aromatic carbocycles. The quantitative estimate of drug-likeness (QED) is 0.214. The molecule has 2 saturated heterocycles. The van der Waals surface area contributed by atoms with Gasteiger partial charge in [-0.15, -0.1) is 0 Å². The van der Waals surface area contributed by atoms with Gasteiger partial charge >= 0.3 is 12.8 Å². The molecule has 1 aromatic rings. The van der Waals surface area contributed by atoms with Gasteiger partial charge < -0.3 is 45.4 Å². The van der Waals surface area contributed by atoms with Crippen LogP contribution in [0.1, 0.15) is 84.6 Å². The van der Waals surface area contributed by atoms with Crippen LogP contribution in [0.15, 0.2) is 18.2 Å². The summed E-state index contributed by atoms with van der Waals surface area (Å²) >= 11 is 6.22. The summed E-state index contributed by atoms with van der Waals surface area (Å²) in [4.78, 5) is 102. The maximum absolute atomic E-state index is 14.7. The first-order valence-electron chi connectivity index (χ1n) is 21.9. The molecule has 0 spiro atoms. The number of hydrogen-bond acceptors (Lipinski definition) is 9. The smallest absolute Gasteiger partial charge is 0.426 e. The highest BCUT2D eigenvalue weighted by atomic mass is 35.5. The molecule has 16 nitrogen and oxygen atoms in total. The standard InChI is InChI=1S/C43H60ClF6N7O9/c1-8-27-37(61)54(5)16-10-9-11-29(55(6)39(63)33(23-12-13-23)53-36(60)31-20-26(45)21-57(31)40(64)42(4,65)43(48,49)50)34(58)52-28(17-22(2)3)38(62)56(7)30(35(59)51-27)19-24-18-25(44)14-15-32(24)66-41(46)47/h14-15,18,22-23,26-31,33,41,65H,8-13,16-17,19-21H2,1-7H3,(H,51,59)(H,52,58)(H,53,60)/t26-,27-,28+,29+,30+,31+,33+,42-/m1/s1. The van der Waals surface area contributed by atoms with Gasteiger partial charge in [0.2, 0.25) is 41.0 Å². The number of nitrogens with one attached hydrogen (secondary N) is 3. The fraction of sp³-hybridized carbons (Fsp3) is 0.698. The normalized spacial score (nSPS) is 25.6. The Morgan fingerprint density at radius 2 is 1.64 bits per heavy atom. The Labute approximate surface area is 384 Å². The highest BCUT2D eigenvalue weighted by Gasteiger charge is 2.59. The molecule has 4 N–H and O–H groups in total. The molecule has 23 heteroatoms. The van der Waals surface area contributed by atoms with Crippen molar-refractivity contribution in [3.8, 4) is 5.75 Å². The maximum atomic E-state index is 14.7. The fourth-order valence-electron chi connectivity index (χ4n) is 8.15. The summed E-state index contributed by atoms with van der Waals surface area (Å²) in [6.07, 6.45) is -7.03. The first kappa shape index (κ1) is 53.8. The minimum absolute atomic E-state index is 0.0135. The highest BCUT2D eigenvalue weighted by Crippen LogP contribution is 2.37. The lowest BCUT2D eigenvalue weighted by atomic mass is 9.98. The molecule has 7 amide bonds. The fourth-order valence-corrected chi connectivity index (χ4v) is 8.35. The third-order valence-corrected chi connectivity index (χ3v) is 12.5. The molecule has 1 saturated carbocycles. The van der Waals surface area contributed by atoms with Crippen LogP contribution in [0, 0.1) is 11.8 Å². The largest absolute Gasteiger partial charge is 0.435 e. The van der Waals surface area contributed by atoms with Gasteiger partial charge in [-0.3, -0.25) is 33.6 Å². The minimum Gasteiger partial charge on any atom is -0.435 e. The van der Waals surface area contributed by atoms with E-state index in [4.69, 9.17) is 16.3 Å². The monoisotopic (exact) mass is 967 g/mol. The van der Waals surface area contributed by atoms with Crippen LogP contribution in [-0.4, -0.2) is 161 Å². The van der Waals surface area contributed by atoms with Gasteiger partial charge in [-0.25, -0.2) is 4.39 Å². The lowest BCUT2D eigenvalue weighted by Crippen LogP contribution is -2.61. The summed E-state index contributed by atoms with van der Waals surface area (Å²) in [5, 5.41) is 18.1. The summed E-state index contributed by atoms with van der Waals surface area (Å²) in [6, 6.07) is -4.65. The number of aliphatic hydroxyl groups is 1. The molecule has 0 bridgehead atoms. The zero-order valence-corrected chi connectivity index (χ0v) is 38.7. The number of likely N-dealkylation sites (N-methyl/N-ethyl adjacent to an activating group) is 3. The molecule has 2 aliphatic heterocycles. The van der Waals surface area contributed by atoms with E-state index in [2.05, 4.69) is 16.0 Å². The second-order valence-electron chi connectivity index (χ2n) is 17.9. The Bertz CT molecular complexity index is 1960. The van der Waals surface area contributed by atoms with Gasteiger partial charge in [-0.05, 0) is 87.5 Å². The first-order valence-corrected chi connectivity index (χ1v) is 22.2. The van der Waals surface area contributed by atoms with E-state index in [1.54, 1.807) is 20.8 Å². The number of carbonyl (C=O) groups excluding carboxylic acids is 7. The molecule has 370 valence electrons. The van der Waals surface area contributed by atoms with E-state index in [0.29, 0.717) is 24.2 Å². The number of ether oxygens (including phenoxy) is 1. The number of halogens is 7. The van der Waals surface area contributed by atoms with Crippen LogP contribution in [0.5, 0.6) is 5.75 Å². The van der Waals surface area contributed by atoms with Gasteiger partial charge in [0.15, 0.2) is 0 Å². The molecule has 2 heterocycles. The van der Waals surface area contributed by atoms with Crippen LogP contribution in [0.4, 0.5) is 26.3 Å². The van der Waals surface area contributed by atoms with Crippen molar-refractivity contribution in [2.45, 2.75) is 146 Å². The van der Waals surface area contributed by atoms with Crippen molar-refractivity contribution in [1.29, 1.82) is 0 Å². The van der Waals surface area contributed by atoms with Gasteiger partial charge in [0.1, 0.15) is 48.2 Å². The van der Waals surface area contributed by atoms with Crippen molar-refractivity contribution >= 4 is 53.0 Å². The van der Waals surface area contributed by atoms with Gasteiger partial charge in [0.05, 0.1) is 6.54 Å². The predicted octanol–water partition coefficient (Wildman–Crippen LogP) is 3.35. The van der Waals surface area contributed by atoms with Gasteiger partial charge in [-0.2, -0.15) is 22.0 Å². The number of nitrogens with zero attached hydrogens (tertiary/aromatic N) is 4. The van der Waals surface area contributed by atoms with Crippen LogP contribution < -0.4 is 20.7 Å². The lowest BCUT2D eigenvalue weighted by molar-refractivity contribution is -0.250. The second kappa shape index (κ2) is 22.3. The van der Waals surface area contributed by atoms with Crippen LogP contribution in [0.25, 0.3) is 0 Å². The summed E-state index contributed by atoms with van der Waals surface area (Å²) < 4.78 is 87.2. The lowest BCUT2D eigenvalue weighted by Gasteiger charge is -2.36. The number of likely N-dealkylation sites (tertiary alicyclic amines) is 1. The molecule has 8 atom stereocenters. The molecule has 3 fully saturated rings. The third kappa shape index (κ3) is 13.2. The highest BCUT2D eigenvalue weighted by molar-refractivity contribution is 6.30. The molecular formula is C43H60ClF6N7O9. The average Bonchev–Trinajstić information content (AvgIpc) is 4.01. The Balaban J connectivity index is 1.69. The minimum atomic E-state index is -5.46. The summed E-state index contributed by atoms with van der Waals surface area (Å²) in [7, 11) is 4.06. The number of hydrogen-bond donors (Lipinski definition) is 4. The third-order valence-electron chi connectivity index (χ3n) is 12.3. The van der Waals surface area contributed by atoms with Crippen LogP contribution in [0.2, 0.25) is 5.02 Å². The van der Waals surface area contributed by atoms with E-state index in [1.807, 2.05) is 0 Å². The van der Waals surface area contributed by atoms with Gasteiger partial charge in [-0.1, -0.05) is 32.4 Å². The van der Waals surface area contributed by atoms with Crippen molar-refractivity contribution in [3.63, 3.8) is 0 Å². The van der Waals surface area contributed by atoms with Crippen LogP contribution in [0.3, 0.4) is 0 Å². The summed E-state index contributed by atoms with van der Waals surface area (Å²) in [6.45, 7) is 1.35. The average molecular weight is 968 g/mol.